The van der Waals surface area contributed by atoms with Gasteiger partial charge in [0.2, 0.25) is 0 Å². The first-order valence-corrected chi connectivity index (χ1v) is 3.36. The fourth-order valence-corrected chi connectivity index (χ4v) is 0.419. The summed E-state index contributed by atoms with van der Waals surface area (Å²) in [7, 11) is 2.42. The maximum atomic E-state index is 10.6. The average Bonchev–Trinajstić information content (AvgIpc) is 2.13. The summed E-state index contributed by atoms with van der Waals surface area (Å²) in [4.78, 5) is 21.1. The molecule has 0 aromatic heterocycles. The highest BCUT2D eigenvalue weighted by Gasteiger charge is 1.97. The molecule has 0 unspecified atom stereocenters. The molecule has 0 rings (SSSR count). The van der Waals surface area contributed by atoms with Crippen LogP contribution in [-0.4, -0.2) is 26.3 Å². The van der Waals surface area contributed by atoms with Crippen molar-refractivity contribution in [1.29, 1.82) is 0 Å². The minimum absolute atomic E-state index is 0.261. The van der Waals surface area contributed by atoms with Gasteiger partial charge in [-0.25, -0.2) is 9.59 Å². The number of esters is 1. The smallest absolute Gasteiger partial charge is 0.452 e. The van der Waals surface area contributed by atoms with Gasteiger partial charge in [0.1, 0.15) is 0 Å². The number of nitrogens with zero attached hydrogens (tertiary/aromatic N) is 2. The standard InChI is InChI=1S/C7H10N2O4/c1-5(4-6(10)12-2)8-9-7(11)13-3/h4H,1-3H3. The van der Waals surface area contributed by atoms with E-state index in [1.165, 1.54) is 21.1 Å². The van der Waals surface area contributed by atoms with E-state index in [0.717, 1.165) is 6.08 Å². The molecule has 0 bridgehead atoms. The van der Waals surface area contributed by atoms with Gasteiger partial charge in [-0.3, -0.25) is 0 Å². The van der Waals surface area contributed by atoms with Crippen LogP contribution in [-0.2, 0) is 14.3 Å². The number of amides is 1. The minimum Gasteiger partial charge on any atom is -0.466 e. The fourth-order valence-electron chi connectivity index (χ4n) is 0.419. The highest BCUT2D eigenvalue weighted by atomic mass is 16.5. The lowest BCUT2D eigenvalue weighted by molar-refractivity contribution is -0.134. The summed E-state index contributed by atoms with van der Waals surface area (Å²) < 4.78 is 8.51. The van der Waals surface area contributed by atoms with Gasteiger partial charge in [0.25, 0.3) is 0 Å². The number of carbonyl (C=O) groups excluding carboxylic acids is 2. The van der Waals surface area contributed by atoms with Gasteiger partial charge in [0.05, 0.1) is 19.9 Å². The molecule has 0 fully saturated rings. The Kier molecular flexibility index (Phi) is 5.09. The number of rotatable bonds is 2. The van der Waals surface area contributed by atoms with Crippen LogP contribution < -0.4 is 0 Å². The summed E-state index contributed by atoms with van der Waals surface area (Å²) in [5.74, 6) is -0.554. The van der Waals surface area contributed by atoms with Crippen LogP contribution in [0.5, 0.6) is 0 Å². The summed E-state index contributed by atoms with van der Waals surface area (Å²) in [6, 6.07) is 0. The second-order valence-electron chi connectivity index (χ2n) is 1.98. The number of carbonyl (C=O) groups is 2. The minimum atomic E-state index is -0.822. The van der Waals surface area contributed by atoms with Crippen LogP contribution in [0.2, 0.25) is 0 Å². The van der Waals surface area contributed by atoms with Gasteiger partial charge in [-0.1, -0.05) is 5.11 Å². The quantitative estimate of drug-likeness (QED) is 0.369. The number of allylic oxidation sites excluding steroid dienone is 1. The van der Waals surface area contributed by atoms with Crippen LogP contribution in [0, 0.1) is 0 Å². The molecule has 0 N–H and O–H groups in total. The summed E-state index contributed by atoms with van der Waals surface area (Å²) in [5, 5.41) is 6.51. The summed E-state index contributed by atoms with van der Waals surface area (Å²) in [6.07, 6.45) is 0.282. The molecule has 0 spiro atoms. The maximum Gasteiger partial charge on any atom is 0.452 e. The fraction of sp³-hybridized carbons (Fsp3) is 0.429. The predicted octanol–water partition coefficient (Wildman–Crippen LogP) is 1.28. The van der Waals surface area contributed by atoms with Crippen LogP contribution >= 0.6 is 0 Å². The van der Waals surface area contributed by atoms with E-state index in [0.29, 0.717) is 0 Å². The van der Waals surface area contributed by atoms with Crippen LogP contribution in [0.1, 0.15) is 6.92 Å². The zero-order valence-electron chi connectivity index (χ0n) is 7.60. The van der Waals surface area contributed by atoms with E-state index in [1.54, 1.807) is 0 Å². The highest BCUT2D eigenvalue weighted by molar-refractivity contribution is 5.82. The van der Waals surface area contributed by atoms with Gasteiger partial charge >= 0.3 is 12.1 Å². The summed E-state index contributed by atoms with van der Waals surface area (Å²) >= 11 is 0. The van der Waals surface area contributed by atoms with Crippen LogP contribution in [0.25, 0.3) is 0 Å². The second kappa shape index (κ2) is 5.87. The van der Waals surface area contributed by atoms with Crippen molar-refractivity contribution in [2.75, 3.05) is 14.2 Å². The molecule has 6 nitrogen and oxygen atoms in total. The summed E-state index contributed by atoms with van der Waals surface area (Å²) in [6.45, 7) is 1.50. The van der Waals surface area contributed by atoms with Crippen LogP contribution in [0.3, 0.4) is 0 Å². The first-order valence-electron chi connectivity index (χ1n) is 3.36. The van der Waals surface area contributed by atoms with E-state index in [4.69, 9.17) is 0 Å². The molecule has 6 heteroatoms. The topological polar surface area (TPSA) is 77.3 Å². The van der Waals surface area contributed by atoms with Crippen molar-refractivity contribution in [3.63, 3.8) is 0 Å². The Morgan fingerprint density at radius 1 is 1.15 bits per heavy atom. The van der Waals surface area contributed by atoms with Crippen molar-refractivity contribution < 1.29 is 19.1 Å². The highest BCUT2D eigenvalue weighted by Crippen LogP contribution is 1.97. The molecule has 0 radical (unpaired) electrons. The molecule has 0 atom stereocenters. The molecule has 0 aliphatic carbocycles. The van der Waals surface area contributed by atoms with Gasteiger partial charge in [0.15, 0.2) is 0 Å². The van der Waals surface area contributed by atoms with Crippen molar-refractivity contribution in [2.45, 2.75) is 6.92 Å². The van der Waals surface area contributed by atoms with Gasteiger partial charge in [0, 0.05) is 6.08 Å². The Morgan fingerprint density at radius 2 is 1.77 bits per heavy atom. The Hall–Kier alpha value is -1.72. The first-order chi connectivity index (χ1) is 6.10. The van der Waals surface area contributed by atoms with Crippen molar-refractivity contribution in [1.82, 2.24) is 0 Å². The Morgan fingerprint density at radius 3 is 2.23 bits per heavy atom. The lowest BCUT2D eigenvalue weighted by Gasteiger charge is -1.91. The van der Waals surface area contributed by atoms with E-state index >= 15 is 0 Å². The normalized spacial score (nSPS) is 11.5. The molecule has 0 aliphatic heterocycles. The molecule has 0 aromatic rings. The SMILES string of the molecule is COC(=O)C=C(C)N=NC(=O)OC. The molecule has 1 amide bonds. The predicted molar refractivity (Wildman–Crippen MR) is 43.0 cm³/mol. The maximum absolute atomic E-state index is 10.6. The first kappa shape index (κ1) is 11.3. The monoisotopic (exact) mass is 186 g/mol. The van der Waals surface area contributed by atoms with E-state index in [2.05, 4.69) is 19.7 Å². The molecule has 0 saturated heterocycles. The second-order valence-corrected chi connectivity index (χ2v) is 1.98. The van der Waals surface area contributed by atoms with E-state index in [9.17, 15) is 9.59 Å². The number of methoxy groups -OCH3 is 2. The average molecular weight is 186 g/mol. The Bertz CT molecular complexity index is 257. The Labute approximate surface area is 75.2 Å². The largest absolute Gasteiger partial charge is 0.466 e. The van der Waals surface area contributed by atoms with Gasteiger partial charge < -0.3 is 9.47 Å². The number of hydrogen-bond acceptors (Lipinski definition) is 5. The van der Waals surface area contributed by atoms with Gasteiger partial charge in [-0.15, -0.1) is 5.11 Å². The molecule has 13 heavy (non-hydrogen) atoms. The molecule has 72 valence electrons. The van der Waals surface area contributed by atoms with Crippen LogP contribution in [0.15, 0.2) is 22.0 Å². The van der Waals surface area contributed by atoms with Crippen molar-refractivity contribution >= 4 is 12.1 Å². The lowest BCUT2D eigenvalue weighted by Crippen LogP contribution is -1.95. The Balaban J connectivity index is 4.21. The van der Waals surface area contributed by atoms with E-state index in [-0.39, 0.29) is 5.70 Å². The number of azo groups is 1. The summed E-state index contributed by atoms with van der Waals surface area (Å²) in [5.41, 5.74) is 0.261. The lowest BCUT2D eigenvalue weighted by atomic mass is 10.4. The molecule has 0 saturated carbocycles. The number of ether oxygens (including phenoxy) is 2. The zero-order valence-corrected chi connectivity index (χ0v) is 7.60. The third-order valence-electron chi connectivity index (χ3n) is 0.992. The van der Waals surface area contributed by atoms with Crippen molar-refractivity contribution in [3.05, 3.63) is 11.8 Å². The molecular formula is C7H10N2O4. The van der Waals surface area contributed by atoms with E-state index in [1.807, 2.05) is 0 Å². The third-order valence-corrected chi connectivity index (χ3v) is 0.992. The molecule has 0 aliphatic rings. The van der Waals surface area contributed by atoms with Gasteiger partial charge in [-0.05, 0) is 6.92 Å². The van der Waals surface area contributed by atoms with E-state index < -0.39 is 12.1 Å². The zero-order chi connectivity index (χ0) is 10.3. The molecular weight excluding hydrogens is 176 g/mol. The van der Waals surface area contributed by atoms with Crippen molar-refractivity contribution in [3.8, 4) is 0 Å². The van der Waals surface area contributed by atoms with Gasteiger partial charge in [-0.2, -0.15) is 0 Å². The molecule has 0 heterocycles. The molecule has 0 aromatic carbocycles. The van der Waals surface area contributed by atoms with Crippen LogP contribution in [0.4, 0.5) is 4.79 Å². The number of hydrogen-bond donors (Lipinski definition) is 0. The third kappa shape index (κ3) is 5.54. The van der Waals surface area contributed by atoms with Crippen molar-refractivity contribution in [2.24, 2.45) is 10.2 Å².